The highest BCUT2D eigenvalue weighted by atomic mass is 35.5. The number of hydrogen-bond acceptors (Lipinski definition) is 3. The lowest BCUT2D eigenvalue weighted by Gasteiger charge is -2.32. The molecule has 1 heterocycles. The van der Waals surface area contributed by atoms with E-state index in [-0.39, 0.29) is 23.7 Å². The van der Waals surface area contributed by atoms with Gasteiger partial charge in [0.15, 0.2) is 0 Å². The third-order valence-electron chi connectivity index (χ3n) is 7.26. The van der Waals surface area contributed by atoms with Gasteiger partial charge in [0.25, 0.3) is 0 Å². The summed E-state index contributed by atoms with van der Waals surface area (Å²) < 4.78 is 19.6. The fourth-order valence-electron chi connectivity index (χ4n) is 4.96. The van der Waals surface area contributed by atoms with Gasteiger partial charge in [-0.05, 0) is 117 Å². The second-order valence-electron chi connectivity index (χ2n) is 10.5. The summed E-state index contributed by atoms with van der Waals surface area (Å²) in [5.41, 5.74) is 3.28. The van der Waals surface area contributed by atoms with Crippen molar-refractivity contribution >= 4 is 23.2 Å². The highest BCUT2D eigenvalue weighted by Gasteiger charge is 2.21. The Morgan fingerprint density at radius 2 is 1.74 bits per heavy atom. The molecule has 1 unspecified atom stereocenters. The highest BCUT2D eigenvalue weighted by molar-refractivity contribution is 6.30. The Morgan fingerprint density at radius 1 is 1.03 bits per heavy atom. The normalized spacial score (nSPS) is 15.4. The Morgan fingerprint density at radius 3 is 2.42 bits per heavy atom. The zero-order valence-electron chi connectivity index (χ0n) is 22.3. The Labute approximate surface area is 231 Å². The molecule has 0 aliphatic carbocycles. The average molecular weight is 537 g/mol. The smallest absolute Gasteiger partial charge is 0.226 e. The molecule has 4 nitrogen and oxygen atoms in total. The van der Waals surface area contributed by atoms with Gasteiger partial charge in [0.05, 0.1) is 0 Å². The van der Waals surface area contributed by atoms with E-state index in [0.29, 0.717) is 16.7 Å². The number of rotatable bonds is 11. The molecule has 1 N–H and O–H groups in total. The SMILES string of the molecule is CC(C)C(=O)Nc1cccc(C2CCN(CCCCC(Oc3ccc(F)cc3)c3ccc(Cl)cc3)CC2)c1. The Hall–Kier alpha value is -2.89. The number of amides is 1. The number of carbonyl (C=O) groups is 1. The zero-order chi connectivity index (χ0) is 26.9. The summed E-state index contributed by atoms with van der Waals surface area (Å²) in [6.07, 6.45) is 5.16. The third kappa shape index (κ3) is 8.31. The van der Waals surface area contributed by atoms with Crippen LogP contribution in [0.5, 0.6) is 5.75 Å². The Kier molecular flexibility index (Phi) is 10.2. The van der Waals surface area contributed by atoms with Crippen molar-refractivity contribution < 1.29 is 13.9 Å². The summed E-state index contributed by atoms with van der Waals surface area (Å²) in [7, 11) is 0. The molecule has 0 radical (unpaired) electrons. The fraction of sp³-hybridized carbons (Fsp3) is 0.406. The number of halogens is 2. The molecule has 1 fully saturated rings. The predicted octanol–water partition coefficient (Wildman–Crippen LogP) is 8.24. The molecule has 0 aromatic heterocycles. The van der Waals surface area contributed by atoms with Crippen molar-refractivity contribution in [2.24, 2.45) is 5.92 Å². The zero-order valence-corrected chi connectivity index (χ0v) is 23.1. The lowest BCUT2D eigenvalue weighted by molar-refractivity contribution is -0.118. The van der Waals surface area contributed by atoms with E-state index < -0.39 is 0 Å². The van der Waals surface area contributed by atoms with E-state index in [1.54, 1.807) is 12.1 Å². The van der Waals surface area contributed by atoms with Crippen LogP contribution in [0, 0.1) is 11.7 Å². The van der Waals surface area contributed by atoms with Crippen LogP contribution in [0.3, 0.4) is 0 Å². The molecule has 38 heavy (non-hydrogen) atoms. The van der Waals surface area contributed by atoms with Crippen LogP contribution in [-0.2, 0) is 4.79 Å². The molecule has 202 valence electrons. The van der Waals surface area contributed by atoms with Crippen LogP contribution in [0.1, 0.15) is 69.1 Å². The second kappa shape index (κ2) is 13.8. The summed E-state index contributed by atoms with van der Waals surface area (Å²) in [4.78, 5) is 14.6. The van der Waals surface area contributed by atoms with Gasteiger partial charge in [0, 0.05) is 16.6 Å². The average Bonchev–Trinajstić information content (AvgIpc) is 2.92. The van der Waals surface area contributed by atoms with Crippen LogP contribution in [-0.4, -0.2) is 30.4 Å². The number of carbonyl (C=O) groups excluding carboxylic acids is 1. The molecule has 3 aromatic rings. The van der Waals surface area contributed by atoms with Crippen molar-refractivity contribution in [2.75, 3.05) is 25.0 Å². The first-order chi connectivity index (χ1) is 18.4. The van der Waals surface area contributed by atoms with Crippen LogP contribution >= 0.6 is 11.6 Å². The molecule has 4 rings (SSSR count). The lowest BCUT2D eigenvalue weighted by atomic mass is 9.89. The number of nitrogens with zero attached hydrogens (tertiary/aromatic N) is 1. The number of unbranched alkanes of at least 4 members (excludes halogenated alkanes) is 1. The molecule has 1 atom stereocenters. The minimum absolute atomic E-state index is 0.0298. The first-order valence-electron chi connectivity index (χ1n) is 13.7. The molecule has 0 bridgehead atoms. The van der Waals surface area contributed by atoms with Crippen molar-refractivity contribution in [2.45, 2.75) is 58.0 Å². The molecule has 1 aliphatic heterocycles. The summed E-state index contributed by atoms with van der Waals surface area (Å²) in [5, 5.41) is 3.72. The maximum atomic E-state index is 13.3. The van der Waals surface area contributed by atoms with Crippen LogP contribution < -0.4 is 10.1 Å². The number of likely N-dealkylation sites (tertiary alicyclic amines) is 1. The standard InChI is InChI=1S/C32H38ClFN2O2/c1-23(2)32(37)35-29-7-5-6-26(22-29)24-17-20-36(21-18-24)19-4-3-8-31(25-9-11-27(33)12-10-25)38-30-15-13-28(34)14-16-30/h5-7,9-16,22-24,31H,3-4,8,17-21H2,1-2H3,(H,35,37). The van der Waals surface area contributed by atoms with Crippen molar-refractivity contribution in [3.8, 4) is 5.75 Å². The van der Waals surface area contributed by atoms with Crippen molar-refractivity contribution in [3.05, 3.63) is 94.8 Å². The van der Waals surface area contributed by atoms with Crippen LogP contribution in [0.4, 0.5) is 10.1 Å². The fourth-order valence-corrected chi connectivity index (χ4v) is 5.09. The quantitative estimate of drug-likeness (QED) is 0.251. The van der Waals surface area contributed by atoms with E-state index in [0.717, 1.165) is 63.0 Å². The Balaban J connectivity index is 1.24. The second-order valence-corrected chi connectivity index (χ2v) is 10.9. The van der Waals surface area contributed by atoms with E-state index in [4.69, 9.17) is 16.3 Å². The maximum absolute atomic E-state index is 13.3. The van der Waals surface area contributed by atoms with E-state index in [2.05, 4.69) is 22.3 Å². The molecule has 1 saturated heterocycles. The van der Waals surface area contributed by atoms with Crippen molar-refractivity contribution in [1.82, 2.24) is 4.90 Å². The molecule has 3 aromatic carbocycles. The van der Waals surface area contributed by atoms with Gasteiger partial charge in [-0.15, -0.1) is 0 Å². The summed E-state index contributed by atoms with van der Waals surface area (Å²) in [5.74, 6) is 0.952. The van der Waals surface area contributed by atoms with E-state index in [1.165, 1.54) is 17.7 Å². The molecular formula is C32H38ClFN2O2. The molecule has 1 amide bonds. The number of anilines is 1. The van der Waals surface area contributed by atoms with Gasteiger partial charge in [0.2, 0.25) is 5.91 Å². The Bertz CT molecular complexity index is 1160. The van der Waals surface area contributed by atoms with Gasteiger partial charge in [-0.25, -0.2) is 4.39 Å². The molecule has 6 heteroatoms. The first kappa shape index (κ1) is 28.1. The summed E-state index contributed by atoms with van der Waals surface area (Å²) >= 11 is 6.09. The minimum atomic E-state index is -0.269. The van der Waals surface area contributed by atoms with Gasteiger partial charge in [-0.1, -0.05) is 49.7 Å². The summed E-state index contributed by atoms with van der Waals surface area (Å²) in [6.45, 7) is 7.05. The van der Waals surface area contributed by atoms with Gasteiger partial charge in [-0.3, -0.25) is 4.79 Å². The number of ether oxygens (including phenoxy) is 1. The highest BCUT2D eigenvalue weighted by Crippen LogP contribution is 2.31. The number of nitrogens with one attached hydrogen (secondary N) is 1. The molecule has 0 saturated carbocycles. The molecule has 1 aliphatic rings. The van der Waals surface area contributed by atoms with E-state index >= 15 is 0 Å². The first-order valence-corrected chi connectivity index (χ1v) is 14.1. The van der Waals surface area contributed by atoms with Crippen LogP contribution in [0.25, 0.3) is 0 Å². The number of benzene rings is 3. The maximum Gasteiger partial charge on any atom is 0.226 e. The monoisotopic (exact) mass is 536 g/mol. The minimum Gasteiger partial charge on any atom is -0.486 e. The number of piperidine rings is 1. The topological polar surface area (TPSA) is 41.6 Å². The van der Waals surface area contributed by atoms with E-state index in [9.17, 15) is 9.18 Å². The number of hydrogen-bond donors (Lipinski definition) is 1. The van der Waals surface area contributed by atoms with Gasteiger partial charge in [0.1, 0.15) is 17.7 Å². The van der Waals surface area contributed by atoms with Crippen molar-refractivity contribution in [1.29, 1.82) is 0 Å². The van der Waals surface area contributed by atoms with Crippen LogP contribution in [0.15, 0.2) is 72.8 Å². The van der Waals surface area contributed by atoms with Crippen molar-refractivity contribution in [3.63, 3.8) is 0 Å². The lowest BCUT2D eigenvalue weighted by Crippen LogP contribution is -2.33. The predicted molar refractivity (Wildman–Crippen MR) is 153 cm³/mol. The largest absolute Gasteiger partial charge is 0.486 e. The van der Waals surface area contributed by atoms with E-state index in [1.807, 2.05) is 50.2 Å². The van der Waals surface area contributed by atoms with Crippen LogP contribution in [0.2, 0.25) is 5.02 Å². The van der Waals surface area contributed by atoms with Gasteiger partial charge < -0.3 is 15.0 Å². The third-order valence-corrected chi connectivity index (χ3v) is 7.51. The molecular weight excluding hydrogens is 499 g/mol. The molecule has 0 spiro atoms. The van der Waals surface area contributed by atoms with Gasteiger partial charge in [-0.2, -0.15) is 0 Å². The summed E-state index contributed by atoms with van der Waals surface area (Å²) in [6, 6.07) is 22.3. The van der Waals surface area contributed by atoms with Gasteiger partial charge >= 0.3 is 0 Å².